The van der Waals surface area contributed by atoms with Gasteiger partial charge in [-0.05, 0) is 43.1 Å². The van der Waals surface area contributed by atoms with Gasteiger partial charge in [-0.25, -0.2) is 4.39 Å². The highest BCUT2D eigenvalue weighted by Crippen LogP contribution is 2.34. The minimum atomic E-state index is -0.694. The van der Waals surface area contributed by atoms with Crippen molar-refractivity contribution < 1.29 is 14.1 Å². The zero-order valence-corrected chi connectivity index (χ0v) is 13.5. The van der Waals surface area contributed by atoms with Crippen LogP contribution in [0.4, 0.5) is 10.1 Å². The number of halogens is 1. The van der Waals surface area contributed by atoms with Gasteiger partial charge in [-0.15, -0.1) is 0 Å². The van der Waals surface area contributed by atoms with Crippen LogP contribution in [-0.4, -0.2) is 22.3 Å². The highest BCUT2D eigenvalue weighted by atomic mass is 19.1. The van der Waals surface area contributed by atoms with Crippen LogP contribution < -0.4 is 5.73 Å². The van der Waals surface area contributed by atoms with Crippen molar-refractivity contribution in [2.24, 2.45) is 5.73 Å². The lowest BCUT2D eigenvalue weighted by Gasteiger charge is -2.25. The SMILES string of the molecule is NC(=O)c1ccc(CN2CCC[C@@H]2c2ccc(F)cc2)c([N+](=O)[O-])c1. The predicted molar refractivity (Wildman–Crippen MR) is 90.4 cm³/mol. The molecule has 1 atom stereocenters. The van der Waals surface area contributed by atoms with Crippen molar-refractivity contribution in [3.05, 3.63) is 75.1 Å². The van der Waals surface area contributed by atoms with Crippen LogP contribution in [-0.2, 0) is 6.54 Å². The van der Waals surface area contributed by atoms with Gasteiger partial charge >= 0.3 is 0 Å². The molecule has 1 saturated heterocycles. The van der Waals surface area contributed by atoms with Gasteiger partial charge in [0.25, 0.3) is 5.69 Å². The monoisotopic (exact) mass is 343 g/mol. The molecule has 1 aliphatic rings. The molecular formula is C18H18FN3O3. The molecule has 2 N–H and O–H groups in total. The summed E-state index contributed by atoms with van der Waals surface area (Å²) in [4.78, 5) is 24.3. The van der Waals surface area contributed by atoms with Crippen LogP contribution in [0.15, 0.2) is 42.5 Å². The van der Waals surface area contributed by atoms with Gasteiger partial charge in [-0.3, -0.25) is 19.8 Å². The van der Waals surface area contributed by atoms with Crippen molar-refractivity contribution in [2.45, 2.75) is 25.4 Å². The molecule has 0 unspecified atom stereocenters. The van der Waals surface area contributed by atoms with Gasteiger partial charge in [-0.2, -0.15) is 0 Å². The maximum atomic E-state index is 13.1. The number of carbonyl (C=O) groups excluding carboxylic acids is 1. The lowest BCUT2D eigenvalue weighted by molar-refractivity contribution is -0.385. The molecule has 0 aromatic heterocycles. The fourth-order valence-electron chi connectivity index (χ4n) is 3.32. The van der Waals surface area contributed by atoms with E-state index in [0.717, 1.165) is 24.9 Å². The number of likely N-dealkylation sites (tertiary alicyclic amines) is 1. The number of nitro groups is 1. The molecule has 0 radical (unpaired) electrons. The first-order valence-corrected chi connectivity index (χ1v) is 8.02. The molecule has 1 heterocycles. The number of benzene rings is 2. The third-order valence-electron chi connectivity index (χ3n) is 4.56. The quantitative estimate of drug-likeness (QED) is 0.667. The van der Waals surface area contributed by atoms with E-state index < -0.39 is 10.8 Å². The first-order valence-electron chi connectivity index (χ1n) is 8.02. The molecule has 0 aliphatic carbocycles. The summed E-state index contributed by atoms with van der Waals surface area (Å²) >= 11 is 0. The average molecular weight is 343 g/mol. The molecule has 1 fully saturated rings. The molecule has 2 aromatic carbocycles. The number of rotatable bonds is 5. The van der Waals surface area contributed by atoms with Crippen molar-refractivity contribution in [2.75, 3.05) is 6.54 Å². The van der Waals surface area contributed by atoms with Gasteiger partial charge in [0.05, 0.1) is 4.92 Å². The molecule has 6 nitrogen and oxygen atoms in total. The number of hydrogen-bond acceptors (Lipinski definition) is 4. The Balaban J connectivity index is 1.86. The average Bonchev–Trinajstić information content (AvgIpc) is 3.03. The Morgan fingerprint density at radius 3 is 2.64 bits per heavy atom. The summed E-state index contributed by atoms with van der Waals surface area (Å²) in [7, 11) is 0. The summed E-state index contributed by atoms with van der Waals surface area (Å²) in [5, 5.41) is 11.4. The number of amides is 1. The van der Waals surface area contributed by atoms with E-state index in [0.29, 0.717) is 12.1 Å². The number of carbonyl (C=O) groups is 1. The summed E-state index contributed by atoms with van der Waals surface area (Å²) < 4.78 is 13.1. The third kappa shape index (κ3) is 3.66. The molecule has 1 aliphatic heterocycles. The molecular weight excluding hydrogens is 325 g/mol. The van der Waals surface area contributed by atoms with Crippen molar-refractivity contribution in [1.29, 1.82) is 0 Å². The number of hydrogen-bond donors (Lipinski definition) is 1. The number of nitro benzene ring substituents is 1. The van der Waals surface area contributed by atoms with Gasteiger partial charge in [-0.1, -0.05) is 18.2 Å². The smallest absolute Gasteiger partial charge is 0.274 e. The summed E-state index contributed by atoms with van der Waals surface area (Å²) in [6.45, 7) is 1.19. The minimum absolute atomic E-state index is 0.0935. The van der Waals surface area contributed by atoms with Gasteiger partial charge in [0.1, 0.15) is 5.82 Å². The highest BCUT2D eigenvalue weighted by molar-refractivity contribution is 5.93. The Labute approximate surface area is 144 Å². The van der Waals surface area contributed by atoms with Crippen molar-refractivity contribution in [3.8, 4) is 0 Å². The summed E-state index contributed by atoms with van der Waals surface area (Å²) in [6, 6.07) is 10.8. The van der Waals surface area contributed by atoms with Gasteiger partial charge in [0.15, 0.2) is 0 Å². The third-order valence-corrected chi connectivity index (χ3v) is 4.56. The van der Waals surface area contributed by atoms with E-state index in [-0.39, 0.29) is 23.1 Å². The Hall–Kier alpha value is -2.80. The van der Waals surface area contributed by atoms with Crippen LogP contribution in [0.3, 0.4) is 0 Å². The maximum Gasteiger partial charge on any atom is 0.274 e. The van der Waals surface area contributed by atoms with Gasteiger partial charge < -0.3 is 5.73 Å². The summed E-state index contributed by atoms with van der Waals surface area (Å²) in [6.07, 6.45) is 1.88. The van der Waals surface area contributed by atoms with Crippen molar-refractivity contribution in [1.82, 2.24) is 4.90 Å². The molecule has 0 spiro atoms. The Morgan fingerprint density at radius 2 is 2.00 bits per heavy atom. The van der Waals surface area contributed by atoms with Crippen LogP contribution >= 0.6 is 0 Å². The van der Waals surface area contributed by atoms with Crippen LogP contribution in [0.2, 0.25) is 0 Å². The van der Waals surface area contributed by atoms with Crippen molar-refractivity contribution in [3.63, 3.8) is 0 Å². The molecule has 25 heavy (non-hydrogen) atoms. The van der Waals surface area contributed by atoms with Crippen LogP contribution in [0.5, 0.6) is 0 Å². The van der Waals surface area contributed by atoms with E-state index in [9.17, 15) is 19.3 Å². The number of primary amides is 1. The predicted octanol–water partition coefficient (Wildman–Crippen LogP) is 3.17. The standard InChI is InChI=1S/C18H18FN3O3/c19-15-7-5-12(6-8-15)16-2-1-9-21(16)11-14-4-3-13(18(20)23)10-17(14)22(24)25/h3-8,10,16H,1-2,9,11H2,(H2,20,23)/t16-/m1/s1. The zero-order valence-electron chi connectivity index (χ0n) is 13.5. The Morgan fingerprint density at radius 1 is 1.28 bits per heavy atom. The molecule has 0 saturated carbocycles. The second-order valence-electron chi connectivity index (χ2n) is 6.14. The number of nitrogens with zero attached hydrogens (tertiary/aromatic N) is 2. The minimum Gasteiger partial charge on any atom is -0.366 e. The Kier molecular flexibility index (Phi) is 4.76. The second kappa shape index (κ2) is 6.98. The van der Waals surface area contributed by atoms with Gasteiger partial charge in [0, 0.05) is 29.8 Å². The molecule has 130 valence electrons. The van der Waals surface area contributed by atoms with Crippen molar-refractivity contribution >= 4 is 11.6 Å². The zero-order chi connectivity index (χ0) is 18.0. The van der Waals surface area contributed by atoms with Crippen LogP contribution in [0.1, 0.15) is 40.4 Å². The first kappa shape index (κ1) is 17.0. The fraction of sp³-hybridized carbons (Fsp3) is 0.278. The lowest BCUT2D eigenvalue weighted by atomic mass is 10.0. The van der Waals surface area contributed by atoms with E-state index in [1.807, 2.05) is 0 Å². The highest BCUT2D eigenvalue weighted by Gasteiger charge is 2.28. The Bertz CT molecular complexity index is 808. The molecule has 3 rings (SSSR count). The van der Waals surface area contributed by atoms with E-state index in [4.69, 9.17) is 5.73 Å². The molecule has 1 amide bonds. The van der Waals surface area contributed by atoms with Gasteiger partial charge in [0.2, 0.25) is 5.91 Å². The molecule has 7 heteroatoms. The maximum absolute atomic E-state index is 13.1. The van der Waals surface area contributed by atoms with E-state index in [1.54, 1.807) is 18.2 Å². The van der Waals surface area contributed by atoms with Crippen LogP contribution in [0.25, 0.3) is 0 Å². The van der Waals surface area contributed by atoms with E-state index in [1.165, 1.54) is 24.3 Å². The van der Waals surface area contributed by atoms with Crippen LogP contribution in [0, 0.1) is 15.9 Å². The topological polar surface area (TPSA) is 89.5 Å². The number of nitrogens with two attached hydrogens (primary N) is 1. The molecule has 2 aromatic rings. The normalized spacial score (nSPS) is 17.6. The molecule has 0 bridgehead atoms. The van der Waals surface area contributed by atoms with E-state index in [2.05, 4.69) is 4.90 Å². The largest absolute Gasteiger partial charge is 0.366 e. The van der Waals surface area contributed by atoms with E-state index >= 15 is 0 Å². The summed E-state index contributed by atoms with van der Waals surface area (Å²) in [5.41, 5.74) is 6.74. The lowest BCUT2D eigenvalue weighted by Crippen LogP contribution is -2.23. The second-order valence-corrected chi connectivity index (χ2v) is 6.14. The first-order chi connectivity index (χ1) is 12.0. The fourth-order valence-corrected chi connectivity index (χ4v) is 3.32. The summed E-state index contributed by atoms with van der Waals surface area (Å²) in [5.74, 6) is -0.981.